The van der Waals surface area contributed by atoms with E-state index in [4.69, 9.17) is 0 Å². The largest absolute Gasteiger partial charge is 0.394 e. The van der Waals surface area contributed by atoms with Crippen molar-refractivity contribution >= 4 is 27.6 Å². The number of nitrogens with zero attached hydrogens (tertiary/aromatic N) is 3. The molecule has 1 atom stereocenters. The summed E-state index contributed by atoms with van der Waals surface area (Å²) in [5.41, 5.74) is 0.819. The van der Waals surface area contributed by atoms with E-state index in [2.05, 4.69) is 36.1 Å². The van der Waals surface area contributed by atoms with Crippen molar-refractivity contribution in [3.05, 3.63) is 46.4 Å². The molecule has 0 amide bonds. The monoisotopic (exact) mass is 380 g/mol. The number of aliphatic hydroxyl groups is 1. The number of nitrogens with one attached hydrogen (secondary N) is 1. The first-order valence-corrected chi connectivity index (χ1v) is 8.34. The lowest BCUT2D eigenvalue weighted by atomic mass is 10.2. The quantitative estimate of drug-likeness (QED) is 0.834. The minimum absolute atomic E-state index is 0.120. The van der Waals surface area contributed by atoms with Crippen LogP contribution in [0.4, 0.5) is 16.0 Å². The van der Waals surface area contributed by atoms with Crippen LogP contribution in [0, 0.1) is 5.82 Å². The summed E-state index contributed by atoms with van der Waals surface area (Å²) in [7, 11) is 0. The molecule has 1 fully saturated rings. The second-order valence-corrected chi connectivity index (χ2v) is 6.38. The summed E-state index contributed by atoms with van der Waals surface area (Å²) in [4.78, 5) is 10.6. The number of anilines is 2. The third kappa shape index (κ3) is 3.79. The van der Waals surface area contributed by atoms with Crippen molar-refractivity contribution in [2.45, 2.75) is 25.4 Å². The van der Waals surface area contributed by atoms with Crippen LogP contribution in [-0.2, 0) is 6.54 Å². The molecule has 122 valence electrons. The van der Waals surface area contributed by atoms with Crippen LogP contribution in [-0.4, -0.2) is 34.3 Å². The lowest BCUT2D eigenvalue weighted by molar-refractivity contribution is 0.266. The van der Waals surface area contributed by atoms with Gasteiger partial charge in [0.05, 0.1) is 12.6 Å². The molecule has 1 aliphatic rings. The standard InChI is InChI=1S/C16H18BrFN4O/c17-14-4-3-12(18)6-11(14)8-19-15-7-16(21-10-20-15)22-5-1-2-13(22)9-23/h3-4,6-7,10,13,23H,1-2,5,8-9H2,(H,19,20,21). The first-order chi connectivity index (χ1) is 11.2. The highest BCUT2D eigenvalue weighted by atomic mass is 79.9. The Balaban J connectivity index is 1.71. The zero-order chi connectivity index (χ0) is 16.2. The molecular weight excluding hydrogens is 363 g/mol. The summed E-state index contributed by atoms with van der Waals surface area (Å²) in [6.07, 6.45) is 3.53. The average Bonchev–Trinajstić information content (AvgIpc) is 3.04. The minimum atomic E-state index is -0.267. The Labute approximate surface area is 142 Å². The maximum absolute atomic E-state index is 13.3. The number of hydrogen-bond donors (Lipinski definition) is 2. The molecule has 0 spiro atoms. The highest BCUT2D eigenvalue weighted by Gasteiger charge is 2.25. The Morgan fingerprint density at radius 2 is 2.22 bits per heavy atom. The first kappa shape index (κ1) is 16.1. The average molecular weight is 381 g/mol. The van der Waals surface area contributed by atoms with Crippen LogP contribution in [0.5, 0.6) is 0 Å². The molecule has 0 radical (unpaired) electrons. The normalized spacial score (nSPS) is 17.5. The summed E-state index contributed by atoms with van der Waals surface area (Å²) in [6, 6.07) is 6.57. The molecule has 0 bridgehead atoms. The SMILES string of the molecule is OCC1CCCN1c1cc(NCc2cc(F)ccc2Br)ncn1. The van der Waals surface area contributed by atoms with Gasteiger partial charge in [0.15, 0.2) is 0 Å². The molecule has 1 unspecified atom stereocenters. The number of hydrogen-bond acceptors (Lipinski definition) is 5. The number of rotatable bonds is 5. The molecule has 2 heterocycles. The van der Waals surface area contributed by atoms with E-state index in [1.807, 2.05) is 6.07 Å². The van der Waals surface area contributed by atoms with Crippen LogP contribution < -0.4 is 10.2 Å². The Morgan fingerprint density at radius 3 is 3.04 bits per heavy atom. The fourth-order valence-electron chi connectivity index (χ4n) is 2.79. The maximum Gasteiger partial charge on any atom is 0.134 e. The van der Waals surface area contributed by atoms with E-state index >= 15 is 0 Å². The zero-order valence-corrected chi connectivity index (χ0v) is 14.1. The predicted molar refractivity (Wildman–Crippen MR) is 90.9 cm³/mol. The third-order valence-electron chi connectivity index (χ3n) is 4.00. The predicted octanol–water partition coefficient (Wildman–Crippen LogP) is 2.95. The highest BCUT2D eigenvalue weighted by Crippen LogP contribution is 2.25. The van der Waals surface area contributed by atoms with Crippen molar-refractivity contribution in [1.29, 1.82) is 0 Å². The number of halogens is 2. The van der Waals surface area contributed by atoms with Crippen molar-refractivity contribution in [2.24, 2.45) is 0 Å². The van der Waals surface area contributed by atoms with Gasteiger partial charge in [0.1, 0.15) is 23.8 Å². The van der Waals surface area contributed by atoms with Crippen LogP contribution in [0.25, 0.3) is 0 Å². The van der Waals surface area contributed by atoms with Gasteiger partial charge in [0.2, 0.25) is 0 Å². The molecule has 1 aromatic heterocycles. The van der Waals surface area contributed by atoms with E-state index in [1.165, 1.54) is 18.5 Å². The van der Waals surface area contributed by atoms with Gasteiger partial charge in [-0.15, -0.1) is 0 Å². The lowest BCUT2D eigenvalue weighted by Crippen LogP contribution is -2.32. The van der Waals surface area contributed by atoms with Crippen molar-refractivity contribution < 1.29 is 9.50 Å². The molecule has 2 N–H and O–H groups in total. The van der Waals surface area contributed by atoms with E-state index in [-0.39, 0.29) is 18.5 Å². The van der Waals surface area contributed by atoms with Crippen LogP contribution in [0.1, 0.15) is 18.4 Å². The minimum Gasteiger partial charge on any atom is -0.394 e. The molecule has 0 aliphatic carbocycles. The fraction of sp³-hybridized carbons (Fsp3) is 0.375. The van der Waals surface area contributed by atoms with Crippen molar-refractivity contribution in [1.82, 2.24) is 9.97 Å². The number of aromatic nitrogens is 2. The van der Waals surface area contributed by atoms with E-state index in [9.17, 15) is 9.50 Å². The molecule has 23 heavy (non-hydrogen) atoms. The summed E-state index contributed by atoms with van der Waals surface area (Å²) >= 11 is 3.41. The van der Waals surface area contributed by atoms with Crippen LogP contribution in [0.2, 0.25) is 0 Å². The van der Waals surface area contributed by atoms with E-state index < -0.39 is 0 Å². The maximum atomic E-state index is 13.3. The molecule has 7 heteroatoms. The Bertz CT molecular complexity index is 685. The van der Waals surface area contributed by atoms with Gasteiger partial charge < -0.3 is 15.3 Å². The number of aliphatic hydroxyl groups excluding tert-OH is 1. The Hall–Kier alpha value is -1.73. The zero-order valence-electron chi connectivity index (χ0n) is 12.5. The number of benzene rings is 1. The van der Waals surface area contributed by atoms with Gasteiger partial charge in [-0.25, -0.2) is 14.4 Å². The van der Waals surface area contributed by atoms with Gasteiger partial charge in [-0.1, -0.05) is 15.9 Å². The Kier molecular flexibility index (Phi) is 5.07. The second kappa shape index (κ2) is 7.23. The molecular formula is C16H18BrFN4O. The first-order valence-electron chi connectivity index (χ1n) is 7.54. The molecule has 1 aromatic carbocycles. The summed E-state index contributed by atoms with van der Waals surface area (Å²) in [6.45, 7) is 1.47. The van der Waals surface area contributed by atoms with Gasteiger partial charge in [0, 0.05) is 23.6 Å². The van der Waals surface area contributed by atoms with Crippen LogP contribution >= 0.6 is 15.9 Å². The van der Waals surface area contributed by atoms with E-state index in [0.717, 1.165) is 35.2 Å². The van der Waals surface area contributed by atoms with Gasteiger partial charge in [-0.05, 0) is 36.6 Å². The smallest absolute Gasteiger partial charge is 0.134 e. The summed E-state index contributed by atoms with van der Waals surface area (Å²) in [5.74, 6) is 1.21. The van der Waals surface area contributed by atoms with E-state index in [1.54, 1.807) is 6.07 Å². The molecule has 2 aromatic rings. The molecule has 1 aliphatic heterocycles. The lowest BCUT2D eigenvalue weighted by Gasteiger charge is -2.24. The third-order valence-corrected chi connectivity index (χ3v) is 4.78. The fourth-order valence-corrected chi connectivity index (χ4v) is 3.18. The topological polar surface area (TPSA) is 61.3 Å². The van der Waals surface area contributed by atoms with Crippen LogP contribution in [0.3, 0.4) is 0 Å². The van der Waals surface area contributed by atoms with E-state index in [0.29, 0.717) is 12.4 Å². The highest BCUT2D eigenvalue weighted by molar-refractivity contribution is 9.10. The molecule has 3 rings (SSSR count). The second-order valence-electron chi connectivity index (χ2n) is 5.52. The summed E-state index contributed by atoms with van der Waals surface area (Å²) < 4.78 is 14.2. The summed E-state index contributed by atoms with van der Waals surface area (Å²) in [5, 5.41) is 12.6. The van der Waals surface area contributed by atoms with Gasteiger partial charge in [-0.2, -0.15) is 0 Å². The van der Waals surface area contributed by atoms with Crippen LogP contribution in [0.15, 0.2) is 35.1 Å². The van der Waals surface area contributed by atoms with Crippen molar-refractivity contribution in [3.63, 3.8) is 0 Å². The molecule has 1 saturated heterocycles. The van der Waals surface area contributed by atoms with Crippen molar-refractivity contribution in [3.8, 4) is 0 Å². The molecule has 0 saturated carbocycles. The molecule has 5 nitrogen and oxygen atoms in total. The van der Waals surface area contributed by atoms with Gasteiger partial charge >= 0.3 is 0 Å². The van der Waals surface area contributed by atoms with Gasteiger partial charge in [0.25, 0.3) is 0 Å². The van der Waals surface area contributed by atoms with Crippen molar-refractivity contribution in [2.75, 3.05) is 23.4 Å². The van der Waals surface area contributed by atoms with Gasteiger partial charge in [-0.3, -0.25) is 0 Å². The Morgan fingerprint density at radius 1 is 1.35 bits per heavy atom.